The molecule has 0 aliphatic carbocycles. The molecule has 0 aromatic heterocycles. The second-order valence-electron chi connectivity index (χ2n) is 4.42. The van der Waals surface area contributed by atoms with Crippen molar-refractivity contribution in [2.24, 2.45) is 0 Å². The van der Waals surface area contributed by atoms with Crippen molar-refractivity contribution in [3.63, 3.8) is 0 Å². The zero-order valence-electron chi connectivity index (χ0n) is 12.2. The molecule has 0 fully saturated rings. The van der Waals surface area contributed by atoms with Gasteiger partial charge in [-0.25, -0.2) is 0 Å². The first-order valence-corrected chi connectivity index (χ1v) is 7.19. The molecule has 0 amide bonds. The summed E-state index contributed by atoms with van der Waals surface area (Å²) in [7, 11) is 1.92. The van der Waals surface area contributed by atoms with E-state index in [4.69, 9.17) is 17.0 Å². The largest absolute Gasteiger partial charge is 0.494 e. The number of benzene rings is 2. The molecular formula is C16H19N3OS. The maximum Gasteiger partial charge on any atom is 0.189 e. The van der Waals surface area contributed by atoms with Gasteiger partial charge >= 0.3 is 0 Å². The number of hydrazine groups is 1. The predicted molar refractivity (Wildman–Crippen MR) is 91.8 cm³/mol. The average Bonchev–Trinajstić information content (AvgIpc) is 2.50. The Hall–Kier alpha value is -2.27. The lowest BCUT2D eigenvalue weighted by atomic mass is 10.3. The molecule has 2 rings (SSSR count). The van der Waals surface area contributed by atoms with Crippen molar-refractivity contribution in [3.05, 3.63) is 54.6 Å². The van der Waals surface area contributed by atoms with E-state index in [1.807, 2.05) is 73.6 Å². The topological polar surface area (TPSA) is 36.5 Å². The molecule has 0 saturated heterocycles. The van der Waals surface area contributed by atoms with E-state index in [1.165, 1.54) is 0 Å². The molecule has 5 heteroatoms. The molecule has 0 atom stereocenters. The SMILES string of the molecule is CCOc1ccc(NC(=S)NN(C)c2ccccc2)cc1. The average molecular weight is 301 g/mol. The maximum atomic E-state index is 5.40. The molecule has 0 spiro atoms. The zero-order chi connectivity index (χ0) is 15.1. The van der Waals surface area contributed by atoms with Crippen molar-refractivity contribution in [2.45, 2.75) is 6.92 Å². The molecule has 4 nitrogen and oxygen atoms in total. The lowest BCUT2D eigenvalue weighted by Crippen LogP contribution is -2.41. The smallest absolute Gasteiger partial charge is 0.189 e. The number of ether oxygens (including phenoxy) is 1. The molecule has 21 heavy (non-hydrogen) atoms. The lowest BCUT2D eigenvalue weighted by molar-refractivity contribution is 0.340. The van der Waals surface area contributed by atoms with Crippen LogP contribution in [0.15, 0.2) is 54.6 Å². The third-order valence-corrected chi connectivity index (χ3v) is 3.03. The highest BCUT2D eigenvalue weighted by Gasteiger charge is 2.03. The fourth-order valence-electron chi connectivity index (χ4n) is 1.83. The fourth-order valence-corrected chi connectivity index (χ4v) is 2.08. The summed E-state index contributed by atoms with van der Waals surface area (Å²) in [5.41, 5.74) is 5.06. The van der Waals surface area contributed by atoms with Crippen molar-refractivity contribution in [1.29, 1.82) is 0 Å². The molecule has 110 valence electrons. The monoisotopic (exact) mass is 301 g/mol. The first-order chi connectivity index (χ1) is 10.2. The van der Waals surface area contributed by atoms with E-state index in [1.54, 1.807) is 0 Å². The second-order valence-corrected chi connectivity index (χ2v) is 4.83. The van der Waals surface area contributed by atoms with Crippen LogP contribution in [0.25, 0.3) is 0 Å². The highest BCUT2D eigenvalue weighted by molar-refractivity contribution is 7.80. The number of hydrogen-bond acceptors (Lipinski definition) is 3. The zero-order valence-corrected chi connectivity index (χ0v) is 13.0. The van der Waals surface area contributed by atoms with Crippen LogP contribution in [-0.4, -0.2) is 18.8 Å². The minimum atomic E-state index is 0.533. The number of thiocarbonyl (C=S) groups is 1. The normalized spacial score (nSPS) is 9.81. The molecule has 0 saturated carbocycles. The molecule has 0 bridgehead atoms. The van der Waals surface area contributed by atoms with Gasteiger partial charge in [-0.3, -0.25) is 10.4 Å². The van der Waals surface area contributed by atoms with Gasteiger partial charge in [0.25, 0.3) is 0 Å². The lowest BCUT2D eigenvalue weighted by Gasteiger charge is -2.22. The molecule has 2 aromatic carbocycles. The molecular weight excluding hydrogens is 282 g/mol. The Morgan fingerprint density at radius 1 is 1.10 bits per heavy atom. The van der Waals surface area contributed by atoms with E-state index in [-0.39, 0.29) is 0 Å². The quantitative estimate of drug-likeness (QED) is 0.654. The van der Waals surface area contributed by atoms with Crippen LogP contribution in [0, 0.1) is 0 Å². The molecule has 0 heterocycles. The van der Waals surface area contributed by atoms with Crippen LogP contribution < -0.4 is 20.5 Å². The third kappa shape index (κ3) is 4.65. The highest BCUT2D eigenvalue weighted by Crippen LogP contribution is 2.15. The molecule has 0 radical (unpaired) electrons. The van der Waals surface area contributed by atoms with Gasteiger partial charge in [0.05, 0.1) is 12.3 Å². The van der Waals surface area contributed by atoms with Crippen LogP contribution in [0.1, 0.15) is 6.92 Å². The Morgan fingerprint density at radius 3 is 2.38 bits per heavy atom. The number of rotatable bonds is 5. The van der Waals surface area contributed by atoms with E-state index in [9.17, 15) is 0 Å². The van der Waals surface area contributed by atoms with Crippen LogP contribution in [0.2, 0.25) is 0 Å². The maximum absolute atomic E-state index is 5.40. The Labute approximate surface area is 130 Å². The third-order valence-electron chi connectivity index (χ3n) is 2.84. The first kappa shape index (κ1) is 15.1. The number of nitrogens with one attached hydrogen (secondary N) is 2. The summed E-state index contributed by atoms with van der Waals surface area (Å²) in [6.45, 7) is 2.62. The van der Waals surface area contributed by atoms with Gasteiger partial charge in [0.2, 0.25) is 0 Å². The summed E-state index contributed by atoms with van der Waals surface area (Å²) < 4.78 is 5.40. The van der Waals surface area contributed by atoms with Gasteiger partial charge in [-0.1, -0.05) is 18.2 Å². The standard InChI is InChI=1S/C16H19N3OS/c1-3-20-15-11-9-13(10-12-15)17-16(21)18-19(2)14-7-5-4-6-8-14/h4-12H,3H2,1-2H3,(H2,17,18,21). The summed E-state index contributed by atoms with van der Waals surface area (Å²) in [5.74, 6) is 0.850. The van der Waals surface area contributed by atoms with Gasteiger partial charge < -0.3 is 10.1 Å². The minimum Gasteiger partial charge on any atom is -0.494 e. The first-order valence-electron chi connectivity index (χ1n) is 6.78. The second kappa shape index (κ2) is 7.50. The molecule has 2 N–H and O–H groups in total. The van der Waals surface area contributed by atoms with Crippen LogP contribution in [0.4, 0.5) is 11.4 Å². The van der Waals surface area contributed by atoms with E-state index < -0.39 is 0 Å². The molecule has 0 aliphatic rings. The van der Waals surface area contributed by atoms with Crippen molar-refractivity contribution in [3.8, 4) is 5.75 Å². The van der Waals surface area contributed by atoms with Crippen molar-refractivity contribution in [2.75, 3.05) is 24.0 Å². The van der Waals surface area contributed by atoms with Crippen molar-refractivity contribution in [1.82, 2.24) is 5.43 Å². The predicted octanol–water partition coefficient (Wildman–Crippen LogP) is 3.42. The van der Waals surface area contributed by atoms with Gasteiger partial charge in [-0.05, 0) is 55.5 Å². The number of para-hydroxylation sites is 1. The fraction of sp³-hybridized carbons (Fsp3) is 0.188. The number of anilines is 2. The Balaban J connectivity index is 1.89. The summed E-state index contributed by atoms with van der Waals surface area (Å²) in [6, 6.07) is 17.6. The Kier molecular flexibility index (Phi) is 5.40. The minimum absolute atomic E-state index is 0.533. The van der Waals surface area contributed by atoms with Crippen LogP contribution in [-0.2, 0) is 0 Å². The molecule has 0 aliphatic heterocycles. The van der Waals surface area contributed by atoms with Crippen LogP contribution in [0.5, 0.6) is 5.75 Å². The summed E-state index contributed by atoms with van der Waals surface area (Å²) in [4.78, 5) is 0. The number of hydrogen-bond donors (Lipinski definition) is 2. The Bertz CT molecular complexity index is 572. The van der Waals surface area contributed by atoms with Crippen LogP contribution in [0.3, 0.4) is 0 Å². The van der Waals surface area contributed by atoms with Gasteiger partial charge in [0.1, 0.15) is 5.75 Å². The van der Waals surface area contributed by atoms with Gasteiger partial charge in [-0.2, -0.15) is 0 Å². The molecule has 0 unspecified atom stereocenters. The van der Waals surface area contributed by atoms with E-state index in [0.29, 0.717) is 11.7 Å². The Morgan fingerprint density at radius 2 is 1.76 bits per heavy atom. The van der Waals surface area contributed by atoms with Crippen LogP contribution >= 0.6 is 12.2 Å². The summed E-state index contributed by atoms with van der Waals surface area (Å²) in [6.07, 6.45) is 0. The highest BCUT2D eigenvalue weighted by atomic mass is 32.1. The summed E-state index contributed by atoms with van der Waals surface area (Å²) in [5, 5.41) is 5.53. The van der Waals surface area contributed by atoms with Gasteiger partial charge in [0.15, 0.2) is 5.11 Å². The van der Waals surface area contributed by atoms with Gasteiger partial charge in [-0.15, -0.1) is 0 Å². The van der Waals surface area contributed by atoms with E-state index in [0.717, 1.165) is 17.1 Å². The van der Waals surface area contributed by atoms with Gasteiger partial charge in [0, 0.05) is 12.7 Å². The summed E-state index contributed by atoms with van der Waals surface area (Å²) >= 11 is 5.30. The molecule has 2 aromatic rings. The van der Waals surface area contributed by atoms with E-state index >= 15 is 0 Å². The van der Waals surface area contributed by atoms with Crippen molar-refractivity contribution >= 4 is 28.7 Å². The number of nitrogens with zero attached hydrogens (tertiary/aromatic N) is 1. The van der Waals surface area contributed by atoms with E-state index in [2.05, 4.69) is 10.7 Å². The van der Waals surface area contributed by atoms with Crippen molar-refractivity contribution < 1.29 is 4.74 Å².